The minimum absolute atomic E-state index is 0.0960. The Morgan fingerprint density at radius 1 is 0.870 bits per heavy atom. The Morgan fingerprint density at radius 3 is 2.04 bits per heavy atom. The van der Waals surface area contributed by atoms with Gasteiger partial charge in [0.1, 0.15) is 0 Å². The van der Waals surface area contributed by atoms with Crippen LogP contribution in [0.4, 0.5) is 0 Å². The highest BCUT2D eigenvalue weighted by molar-refractivity contribution is 5.78. The number of likely N-dealkylation sites (tertiary alicyclic amines) is 2. The monoisotopic (exact) mass is 322 g/mol. The number of hydrogen-bond donors (Lipinski definition) is 1. The second-order valence-electron chi connectivity index (χ2n) is 7.72. The summed E-state index contributed by atoms with van der Waals surface area (Å²) in [4.78, 5) is 28.5. The van der Waals surface area contributed by atoms with Crippen molar-refractivity contribution in [3.8, 4) is 0 Å². The molecule has 0 spiro atoms. The molecule has 23 heavy (non-hydrogen) atoms. The first kappa shape index (κ1) is 16.7. The third kappa shape index (κ3) is 4.25. The van der Waals surface area contributed by atoms with Gasteiger partial charge < -0.3 is 14.9 Å². The first-order chi connectivity index (χ1) is 11.1. The van der Waals surface area contributed by atoms with Crippen LogP contribution in [0.1, 0.15) is 64.2 Å². The van der Waals surface area contributed by atoms with Crippen molar-refractivity contribution < 1.29 is 14.7 Å². The minimum atomic E-state index is -0.750. The average Bonchev–Trinajstić information content (AvgIpc) is 3.19. The van der Waals surface area contributed by atoms with Crippen molar-refractivity contribution >= 4 is 11.8 Å². The van der Waals surface area contributed by atoms with Crippen molar-refractivity contribution in [2.75, 3.05) is 26.2 Å². The van der Waals surface area contributed by atoms with E-state index in [2.05, 4.69) is 0 Å². The van der Waals surface area contributed by atoms with Gasteiger partial charge >= 0.3 is 0 Å². The summed E-state index contributed by atoms with van der Waals surface area (Å²) in [5.41, 5.74) is -0.750. The third-order valence-corrected chi connectivity index (χ3v) is 5.90. The van der Waals surface area contributed by atoms with E-state index < -0.39 is 5.60 Å². The number of carbonyl (C=O) groups is 2. The maximum atomic E-state index is 12.4. The summed E-state index contributed by atoms with van der Waals surface area (Å²) in [6.07, 6.45) is 8.64. The fourth-order valence-corrected chi connectivity index (χ4v) is 4.33. The van der Waals surface area contributed by atoms with Crippen LogP contribution in [0.3, 0.4) is 0 Å². The lowest BCUT2D eigenvalue weighted by atomic mass is 9.91. The van der Waals surface area contributed by atoms with Gasteiger partial charge in [-0.25, -0.2) is 0 Å². The molecule has 2 amide bonds. The van der Waals surface area contributed by atoms with Crippen molar-refractivity contribution in [3.05, 3.63) is 0 Å². The molecule has 5 heteroatoms. The van der Waals surface area contributed by atoms with Crippen molar-refractivity contribution in [2.45, 2.75) is 69.8 Å². The molecule has 1 saturated carbocycles. The molecule has 0 aromatic carbocycles. The zero-order chi connectivity index (χ0) is 16.3. The fraction of sp³-hybridized carbons (Fsp3) is 0.889. The highest BCUT2D eigenvalue weighted by Crippen LogP contribution is 2.33. The molecule has 2 saturated heterocycles. The molecule has 0 aromatic heterocycles. The maximum absolute atomic E-state index is 12.4. The molecule has 3 rings (SSSR count). The Morgan fingerprint density at radius 2 is 1.43 bits per heavy atom. The van der Waals surface area contributed by atoms with Gasteiger partial charge in [-0.3, -0.25) is 9.59 Å². The van der Waals surface area contributed by atoms with Gasteiger partial charge in [0.05, 0.1) is 12.0 Å². The molecule has 1 aliphatic carbocycles. The molecule has 1 N–H and O–H groups in total. The molecule has 2 heterocycles. The van der Waals surface area contributed by atoms with Crippen molar-refractivity contribution in [1.29, 1.82) is 0 Å². The number of nitrogens with zero attached hydrogens (tertiary/aromatic N) is 2. The Kier molecular flexibility index (Phi) is 5.24. The lowest BCUT2D eigenvalue weighted by molar-refractivity contribution is -0.138. The number of carbonyl (C=O) groups excluding carboxylic acids is 2. The number of amides is 2. The second kappa shape index (κ2) is 7.20. The summed E-state index contributed by atoms with van der Waals surface area (Å²) >= 11 is 0. The average molecular weight is 322 g/mol. The molecule has 0 bridgehead atoms. The quantitative estimate of drug-likeness (QED) is 0.860. The van der Waals surface area contributed by atoms with Gasteiger partial charge in [0.2, 0.25) is 11.8 Å². The number of rotatable bonds is 4. The van der Waals surface area contributed by atoms with Gasteiger partial charge in [0.15, 0.2) is 0 Å². The van der Waals surface area contributed by atoms with E-state index in [0.717, 1.165) is 77.5 Å². The molecular weight excluding hydrogens is 292 g/mol. The van der Waals surface area contributed by atoms with E-state index in [1.54, 1.807) is 0 Å². The zero-order valence-corrected chi connectivity index (χ0v) is 14.1. The van der Waals surface area contributed by atoms with Gasteiger partial charge in [-0.15, -0.1) is 0 Å². The molecule has 2 aliphatic heterocycles. The van der Waals surface area contributed by atoms with Crippen LogP contribution in [0.5, 0.6) is 0 Å². The lowest BCUT2D eigenvalue weighted by Crippen LogP contribution is -2.43. The van der Waals surface area contributed by atoms with E-state index in [-0.39, 0.29) is 12.3 Å². The number of aliphatic hydroxyl groups is 1. The first-order valence-electron chi connectivity index (χ1n) is 9.34. The van der Waals surface area contributed by atoms with E-state index in [9.17, 15) is 14.7 Å². The standard InChI is InChI=1S/C18H30N2O3/c21-16(19-9-3-4-10-19)13-15-5-11-20(12-6-15)17(22)14-18(23)7-1-2-8-18/h15,23H,1-14H2. The number of piperidine rings is 1. The van der Waals surface area contributed by atoms with Crippen LogP contribution in [0.15, 0.2) is 0 Å². The molecule has 0 unspecified atom stereocenters. The van der Waals surface area contributed by atoms with Gasteiger partial charge in [-0.2, -0.15) is 0 Å². The largest absolute Gasteiger partial charge is 0.389 e. The van der Waals surface area contributed by atoms with Crippen molar-refractivity contribution in [1.82, 2.24) is 9.80 Å². The zero-order valence-electron chi connectivity index (χ0n) is 14.1. The van der Waals surface area contributed by atoms with Gasteiger partial charge in [0.25, 0.3) is 0 Å². The van der Waals surface area contributed by atoms with Gasteiger partial charge in [-0.05, 0) is 44.4 Å². The van der Waals surface area contributed by atoms with Gasteiger partial charge in [0, 0.05) is 32.6 Å². The molecule has 3 fully saturated rings. The summed E-state index contributed by atoms with van der Waals surface area (Å²) in [5, 5.41) is 10.4. The van der Waals surface area contributed by atoms with E-state index in [1.165, 1.54) is 0 Å². The molecule has 0 atom stereocenters. The predicted octanol–water partition coefficient (Wildman–Crippen LogP) is 1.93. The Bertz CT molecular complexity index is 432. The van der Waals surface area contributed by atoms with Crippen LogP contribution in [-0.2, 0) is 9.59 Å². The summed E-state index contributed by atoms with van der Waals surface area (Å²) in [7, 11) is 0. The van der Waals surface area contributed by atoms with Crippen LogP contribution >= 0.6 is 0 Å². The van der Waals surface area contributed by atoms with Crippen LogP contribution in [0.25, 0.3) is 0 Å². The fourth-order valence-electron chi connectivity index (χ4n) is 4.33. The highest BCUT2D eigenvalue weighted by Gasteiger charge is 2.36. The van der Waals surface area contributed by atoms with Gasteiger partial charge in [-0.1, -0.05) is 12.8 Å². The minimum Gasteiger partial charge on any atom is -0.389 e. The molecule has 5 nitrogen and oxygen atoms in total. The highest BCUT2D eigenvalue weighted by atomic mass is 16.3. The lowest BCUT2D eigenvalue weighted by Gasteiger charge is -2.34. The van der Waals surface area contributed by atoms with E-state index in [0.29, 0.717) is 18.2 Å². The molecule has 0 aromatic rings. The van der Waals surface area contributed by atoms with Crippen LogP contribution in [-0.4, -0.2) is 58.5 Å². The number of hydrogen-bond acceptors (Lipinski definition) is 3. The van der Waals surface area contributed by atoms with E-state index >= 15 is 0 Å². The Labute approximate surface area is 139 Å². The predicted molar refractivity (Wildman–Crippen MR) is 87.8 cm³/mol. The first-order valence-corrected chi connectivity index (χ1v) is 9.34. The molecule has 0 radical (unpaired) electrons. The maximum Gasteiger partial charge on any atom is 0.225 e. The second-order valence-corrected chi connectivity index (χ2v) is 7.72. The van der Waals surface area contributed by atoms with E-state index in [1.807, 2.05) is 9.80 Å². The third-order valence-electron chi connectivity index (χ3n) is 5.90. The molecule has 130 valence electrons. The van der Waals surface area contributed by atoms with Crippen LogP contribution in [0.2, 0.25) is 0 Å². The Hall–Kier alpha value is -1.10. The normalized spacial score (nSPS) is 25.1. The Balaban J connectivity index is 1.41. The van der Waals surface area contributed by atoms with Crippen molar-refractivity contribution in [3.63, 3.8) is 0 Å². The van der Waals surface area contributed by atoms with Crippen molar-refractivity contribution in [2.24, 2.45) is 5.92 Å². The summed E-state index contributed by atoms with van der Waals surface area (Å²) < 4.78 is 0. The summed E-state index contributed by atoms with van der Waals surface area (Å²) in [5.74, 6) is 0.813. The SMILES string of the molecule is O=C(CC1CCN(C(=O)CC2(O)CCCC2)CC1)N1CCCC1. The van der Waals surface area contributed by atoms with E-state index in [4.69, 9.17) is 0 Å². The van der Waals surface area contributed by atoms with Crippen LogP contribution in [0, 0.1) is 5.92 Å². The summed E-state index contributed by atoms with van der Waals surface area (Å²) in [6.45, 7) is 3.34. The molecule has 3 aliphatic rings. The summed E-state index contributed by atoms with van der Waals surface area (Å²) in [6, 6.07) is 0. The smallest absolute Gasteiger partial charge is 0.225 e. The topological polar surface area (TPSA) is 60.9 Å². The van der Waals surface area contributed by atoms with Crippen LogP contribution < -0.4 is 0 Å². The molecular formula is C18H30N2O3.